The van der Waals surface area contributed by atoms with Crippen molar-refractivity contribution in [3.63, 3.8) is 0 Å². The summed E-state index contributed by atoms with van der Waals surface area (Å²) in [6, 6.07) is 15.6. The lowest BCUT2D eigenvalue weighted by molar-refractivity contribution is -0.0677. The number of hydrogen-bond donors (Lipinski definition) is 1. The van der Waals surface area contributed by atoms with Gasteiger partial charge in [0.25, 0.3) is 0 Å². The van der Waals surface area contributed by atoms with E-state index in [9.17, 15) is 9.50 Å². The Hall–Kier alpha value is -2.23. The summed E-state index contributed by atoms with van der Waals surface area (Å²) >= 11 is 0. The molecule has 3 fully saturated rings. The molecule has 3 heterocycles. The molecule has 1 N–H and O–H groups in total. The van der Waals surface area contributed by atoms with Crippen molar-refractivity contribution in [2.75, 3.05) is 46.0 Å². The Morgan fingerprint density at radius 2 is 1.74 bits per heavy atom. The van der Waals surface area contributed by atoms with Crippen LogP contribution in [0.25, 0.3) is 0 Å². The van der Waals surface area contributed by atoms with Crippen LogP contribution in [0.1, 0.15) is 48.3 Å². The van der Waals surface area contributed by atoms with Crippen molar-refractivity contribution in [1.29, 1.82) is 0 Å². The zero-order chi connectivity index (χ0) is 23.3. The van der Waals surface area contributed by atoms with Crippen LogP contribution in [-0.4, -0.2) is 73.0 Å². The summed E-state index contributed by atoms with van der Waals surface area (Å²) in [5, 5.41) is 10.2. The van der Waals surface area contributed by atoms with Crippen molar-refractivity contribution in [1.82, 2.24) is 9.80 Å². The zero-order valence-electron chi connectivity index (χ0n) is 19.8. The number of ether oxygens (including phenoxy) is 1. The molecule has 0 amide bonds. The molecule has 0 unspecified atom stereocenters. The van der Waals surface area contributed by atoms with Crippen molar-refractivity contribution in [3.8, 4) is 11.8 Å². The van der Waals surface area contributed by atoms with Crippen LogP contribution >= 0.6 is 0 Å². The zero-order valence-corrected chi connectivity index (χ0v) is 19.8. The van der Waals surface area contributed by atoms with Gasteiger partial charge in [0.05, 0.1) is 12.2 Å². The van der Waals surface area contributed by atoms with Gasteiger partial charge in [0.2, 0.25) is 0 Å². The maximum absolute atomic E-state index is 13.9. The predicted octanol–water partition coefficient (Wildman–Crippen LogP) is 3.88. The summed E-state index contributed by atoms with van der Waals surface area (Å²) in [5.41, 5.74) is 2.56. The van der Waals surface area contributed by atoms with Gasteiger partial charge < -0.3 is 14.7 Å². The molecule has 2 aromatic carbocycles. The van der Waals surface area contributed by atoms with Gasteiger partial charge in [-0.05, 0) is 74.5 Å². The summed E-state index contributed by atoms with van der Waals surface area (Å²) in [6.45, 7) is 6.45. The second-order valence-electron chi connectivity index (χ2n) is 9.96. The number of hydrogen-bond acceptors (Lipinski definition) is 4. The third-order valence-electron chi connectivity index (χ3n) is 7.82. The number of nitrogens with zero attached hydrogens (tertiary/aromatic N) is 2. The van der Waals surface area contributed by atoms with Gasteiger partial charge in [0.15, 0.2) is 0 Å². The van der Waals surface area contributed by atoms with Gasteiger partial charge >= 0.3 is 0 Å². The van der Waals surface area contributed by atoms with Gasteiger partial charge in [-0.2, -0.15) is 0 Å². The number of aliphatic hydroxyl groups is 1. The molecule has 5 rings (SSSR count). The molecule has 3 atom stereocenters. The molecule has 3 aliphatic heterocycles. The van der Waals surface area contributed by atoms with E-state index in [4.69, 9.17) is 4.74 Å². The molecule has 0 radical (unpaired) electrons. The van der Waals surface area contributed by atoms with Crippen LogP contribution in [0.3, 0.4) is 0 Å². The lowest BCUT2D eigenvalue weighted by Gasteiger charge is -2.57. The minimum absolute atomic E-state index is 0.184. The molecule has 0 bridgehead atoms. The van der Waals surface area contributed by atoms with Crippen LogP contribution in [0.15, 0.2) is 48.5 Å². The van der Waals surface area contributed by atoms with Crippen molar-refractivity contribution in [2.24, 2.45) is 5.92 Å². The first kappa shape index (κ1) is 23.5. The summed E-state index contributed by atoms with van der Waals surface area (Å²) in [5.74, 6) is 6.80. The van der Waals surface area contributed by atoms with E-state index in [1.165, 1.54) is 43.9 Å². The first-order valence-corrected chi connectivity index (χ1v) is 12.8. The predicted molar refractivity (Wildman–Crippen MR) is 132 cm³/mol. The van der Waals surface area contributed by atoms with E-state index in [2.05, 4.69) is 33.8 Å². The normalized spacial score (nSPS) is 26.5. The summed E-state index contributed by atoms with van der Waals surface area (Å²) in [4.78, 5) is 5.20. The average Bonchev–Trinajstić information content (AvgIpc) is 2.85. The number of rotatable bonds is 4. The lowest BCUT2D eigenvalue weighted by Crippen LogP contribution is -2.67. The molecular weight excluding hydrogens is 427 g/mol. The second-order valence-corrected chi connectivity index (χ2v) is 9.96. The molecule has 3 aliphatic rings. The maximum atomic E-state index is 13.9. The SMILES string of the molecule is OC[C@@H]1[C@@H](c2ccc(C#Cc3ccccc3F)cc2)[C@H]2CN(CC3CCOCC3)CCCCN12. The Balaban J connectivity index is 1.30. The van der Waals surface area contributed by atoms with E-state index in [-0.39, 0.29) is 18.5 Å². The molecule has 3 saturated heterocycles. The molecule has 180 valence electrons. The Morgan fingerprint density at radius 3 is 2.50 bits per heavy atom. The number of aliphatic hydroxyl groups excluding tert-OH is 1. The van der Waals surface area contributed by atoms with Crippen molar-refractivity contribution >= 4 is 0 Å². The van der Waals surface area contributed by atoms with Gasteiger partial charge in [-0.1, -0.05) is 36.1 Å². The summed E-state index contributed by atoms with van der Waals surface area (Å²) in [7, 11) is 0. The van der Waals surface area contributed by atoms with Crippen molar-refractivity contribution in [2.45, 2.75) is 43.7 Å². The minimum Gasteiger partial charge on any atom is -0.395 e. The fourth-order valence-corrected chi connectivity index (χ4v) is 5.96. The van der Waals surface area contributed by atoms with Gasteiger partial charge in [0.1, 0.15) is 5.82 Å². The molecule has 34 heavy (non-hydrogen) atoms. The molecule has 4 nitrogen and oxygen atoms in total. The van der Waals surface area contributed by atoms with Crippen LogP contribution in [0, 0.1) is 23.6 Å². The highest BCUT2D eigenvalue weighted by atomic mass is 19.1. The highest BCUT2D eigenvalue weighted by Crippen LogP contribution is 2.42. The van der Waals surface area contributed by atoms with Crippen LogP contribution in [0.5, 0.6) is 0 Å². The molecule has 5 heteroatoms. The van der Waals surface area contributed by atoms with Crippen LogP contribution in [-0.2, 0) is 4.74 Å². The largest absolute Gasteiger partial charge is 0.395 e. The fraction of sp³-hybridized carbons (Fsp3) is 0.517. The Morgan fingerprint density at radius 1 is 0.971 bits per heavy atom. The topological polar surface area (TPSA) is 35.9 Å². The number of benzene rings is 2. The molecule has 0 aliphatic carbocycles. The van der Waals surface area contributed by atoms with E-state index >= 15 is 0 Å². The Labute approximate surface area is 202 Å². The first-order valence-electron chi connectivity index (χ1n) is 12.8. The Bertz CT molecular complexity index is 1010. The molecule has 0 saturated carbocycles. The molecule has 0 aromatic heterocycles. The number of halogens is 1. The minimum atomic E-state index is -0.290. The molecular formula is C29H35FN2O2. The first-order chi connectivity index (χ1) is 16.7. The van der Waals surface area contributed by atoms with Gasteiger partial charge in [0, 0.05) is 49.9 Å². The lowest BCUT2D eigenvalue weighted by atomic mass is 9.74. The van der Waals surface area contributed by atoms with Crippen LogP contribution < -0.4 is 0 Å². The third-order valence-corrected chi connectivity index (χ3v) is 7.82. The van der Waals surface area contributed by atoms with E-state index < -0.39 is 0 Å². The smallest absolute Gasteiger partial charge is 0.138 e. The van der Waals surface area contributed by atoms with Crippen LogP contribution in [0.2, 0.25) is 0 Å². The highest BCUT2D eigenvalue weighted by Gasteiger charge is 2.49. The summed E-state index contributed by atoms with van der Waals surface area (Å²) in [6.07, 6.45) is 4.76. The standard InChI is InChI=1S/C29H35FN2O2/c30-26-6-2-1-5-24(26)10-7-22-8-11-25(12-9-22)29-27-20-31(19-23-13-17-34-18-14-23)15-3-4-16-32(27)28(29)21-33/h1-2,5-6,8-9,11-12,23,27-29,33H,3-4,13-21H2/t27-,28-,29+/m1/s1. The van der Waals surface area contributed by atoms with E-state index in [1.54, 1.807) is 18.2 Å². The van der Waals surface area contributed by atoms with E-state index in [1.807, 2.05) is 12.1 Å². The fourth-order valence-electron chi connectivity index (χ4n) is 5.96. The van der Waals surface area contributed by atoms with Gasteiger partial charge in [-0.15, -0.1) is 0 Å². The van der Waals surface area contributed by atoms with E-state index in [0.29, 0.717) is 17.5 Å². The monoisotopic (exact) mass is 462 g/mol. The highest BCUT2D eigenvalue weighted by molar-refractivity contribution is 5.44. The van der Waals surface area contributed by atoms with Crippen LogP contribution in [0.4, 0.5) is 4.39 Å². The quantitative estimate of drug-likeness (QED) is 0.700. The third kappa shape index (κ3) is 5.21. The molecule has 0 spiro atoms. The Kier molecular flexibility index (Phi) is 7.61. The second kappa shape index (κ2) is 11.0. The van der Waals surface area contributed by atoms with Gasteiger partial charge in [-0.3, -0.25) is 4.90 Å². The maximum Gasteiger partial charge on any atom is 0.138 e. The van der Waals surface area contributed by atoms with Crippen molar-refractivity contribution < 1.29 is 14.2 Å². The molecule has 2 aromatic rings. The van der Waals surface area contributed by atoms with Crippen molar-refractivity contribution in [3.05, 3.63) is 71.0 Å². The number of fused-ring (bicyclic) bond motifs is 1. The summed E-state index contributed by atoms with van der Waals surface area (Å²) < 4.78 is 19.4. The van der Waals surface area contributed by atoms with Gasteiger partial charge in [-0.25, -0.2) is 4.39 Å². The average molecular weight is 463 g/mol. The van der Waals surface area contributed by atoms with E-state index in [0.717, 1.165) is 44.3 Å².